The molecule has 4 heterocycles. The first kappa shape index (κ1) is 29.5. The third-order valence-electron chi connectivity index (χ3n) is 7.45. The number of pyridine rings is 1. The monoisotopic (exact) mass is 601 g/mol. The minimum Gasteiger partial charge on any atom is -0.350 e. The van der Waals surface area contributed by atoms with Crippen LogP contribution in [0.1, 0.15) is 6.42 Å². The van der Waals surface area contributed by atoms with Crippen molar-refractivity contribution in [2.45, 2.75) is 12.5 Å². The van der Waals surface area contributed by atoms with Gasteiger partial charge in [-0.1, -0.05) is 42.5 Å². The van der Waals surface area contributed by atoms with Crippen molar-refractivity contribution in [1.82, 2.24) is 29.4 Å². The van der Waals surface area contributed by atoms with Crippen molar-refractivity contribution in [1.29, 1.82) is 0 Å². The summed E-state index contributed by atoms with van der Waals surface area (Å²) >= 11 is 0. The molecule has 1 aliphatic heterocycles. The van der Waals surface area contributed by atoms with Gasteiger partial charge in [-0.3, -0.25) is 4.79 Å². The third-order valence-corrected chi connectivity index (χ3v) is 7.45. The molecule has 2 aromatic carbocycles. The van der Waals surface area contributed by atoms with E-state index < -0.39 is 0 Å². The summed E-state index contributed by atoms with van der Waals surface area (Å²) in [6.45, 7) is 1.80. The Kier molecular flexibility index (Phi) is 8.79. The Morgan fingerprint density at radius 1 is 0.956 bits per heavy atom. The van der Waals surface area contributed by atoms with Crippen molar-refractivity contribution in [2.24, 2.45) is 0 Å². The molecule has 0 aliphatic carbocycles. The molecular formula is C34H35N9O2. The molecular weight excluding hydrogens is 566 g/mol. The van der Waals surface area contributed by atoms with Crippen molar-refractivity contribution in [3.05, 3.63) is 103 Å². The Balaban J connectivity index is 1.08. The molecule has 1 aliphatic rings. The molecule has 11 nitrogen and oxygen atoms in total. The summed E-state index contributed by atoms with van der Waals surface area (Å²) in [5, 5.41) is 14.0. The molecule has 3 aromatic heterocycles. The van der Waals surface area contributed by atoms with Crippen LogP contribution < -0.4 is 16.0 Å². The lowest BCUT2D eigenvalue weighted by molar-refractivity contribution is -0.111. The lowest BCUT2D eigenvalue weighted by atomic mass is 10.0. The SMILES string of the molecule is CN(C)C/C=C/C(=O)Nc1ccc(NC(=O)N2CC[C@H](Nc3nccc(-c4c(-c5ccccc5)nn5ccccc45)n3)C2)cc1. The number of hydrogen-bond donors (Lipinski definition) is 3. The Morgan fingerprint density at radius 3 is 2.49 bits per heavy atom. The van der Waals surface area contributed by atoms with Gasteiger partial charge in [-0.2, -0.15) is 5.10 Å². The predicted octanol–water partition coefficient (Wildman–Crippen LogP) is 5.23. The number of fused-ring (bicyclic) bond motifs is 1. The average molecular weight is 602 g/mol. The zero-order valence-corrected chi connectivity index (χ0v) is 25.2. The van der Waals surface area contributed by atoms with Crippen molar-refractivity contribution in [2.75, 3.05) is 49.7 Å². The lowest BCUT2D eigenvalue weighted by Crippen LogP contribution is -2.35. The number of likely N-dealkylation sites (N-methyl/N-ethyl adjacent to an activating group) is 1. The lowest BCUT2D eigenvalue weighted by Gasteiger charge is -2.18. The van der Waals surface area contributed by atoms with Gasteiger partial charge in [0.15, 0.2) is 0 Å². The zero-order chi connectivity index (χ0) is 31.2. The van der Waals surface area contributed by atoms with E-state index in [9.17, 15) is 9.59 Å². The fourth-order valence-corrected chi connectivity index (χ4v) is 5.26. The normalized spacial score (nSPS) is 14.7. The molecule has 3 amide bonds. The molecule has 0 bridgehead atoms. The van der Waals surface area contributed by atoms with E-state index in [1.54, 1.807) is 41.4 Å². The van der Waals surface area contributed by atoms with Gasteiger partial charge in [0.1, 0.15) is 5.69 Å². The standard InChI is InChI=1S/C34H35N9O2/c1-41(2)20-8-12-30(44)36-25-13-15-26(16-14-25)38-34(45)42-22-18-27(23-42)37-33-35-19-17-28(39-33)31-29-11-6-7-21-43(29)40-32(31)24-9-4-3-5-10-24/h3-17,19,21,27H,18,20,22-23H2,1-2H3,(H,36,44)(H,38,45)(H,35,37,39)/b12-8+/t27-/m0/s1. The van der Waals surface area contributed by atoms with Crippen LogP contribution in [0.25, 0.3) is 28.0 Å². The summed E-state index contributed by atoms with van der Waals surface area (Å²) in [5.41, 5.74) is 5.82. The summed E-state index contributed by atoms with van der Waals surface area (Å²) in [5.74, 6) is 0.303. The Labute approximate surface area is 261 Å². The van der Waals surface area contributed by atoms with Crippen LogP contribution in [0.2, 0.25) is 0 Å². The molecule has 228 valence electrons. The highest BCUT2D eigenvalue weighted by Crippen LogP contribution is 2.34. The smallest absolute Gasteiger partial charge is 0.321 e. The van der Waals surface area contributed by atoms with Crippen LogP contribution in [0.15, 0.2) is 103 Å². The van der Waals surface area contributed by atoms with Crippen LogP contribution in [0.3, 0.4) is 0 Å². The molecule has 0 spiro atoms. The molecule has 0 unspecified atom stereocenters. The highest BCUT2D eigenvalue weighted by atomic mass is 16.2. The number of likely N-dealkylation sites (tertiary alicyclic amines) is 1. The number of rotatable bonds is 9. The third kappa shape index (κ3) is 7.16. The van der Waals surface area contributed by atoms with Crippen molar-refractivity contribution in [3.8, 4) is 22.5 Å². The van der Waals surface area contributed by atoms with Crippen LogP contribution >= 0.6 is 0 Å². The van der Waals surface area contributed by atoms with E-state index in [4.69, 9.17) is 10.1 Å². The summed E-state index contributed by atoms with van der Waals surface area (Å²) in [7, 11) is 3.88. The maximum atomic E-state index is 13.0. The van der Waals surface area contributed by atoms with Gasteiger partial charge in [0.2, 0.25) is 11.9 Å². The number of urea groups is 1. The van der Waals surface area contributed by atoms with Gasteiger partial charge >= 0.3 is 6.03 Å². The fraction of sp³-hybridized carbons (Fsp3) is 0.206. The van der Waals surface area contributed by atoms with Crippen molar-refractivity contribution >= 4 is 34.8 Å². The first-order valence-electron chi connectivity index (χ1n) is 14.8. The first-order valence-corrected chi connectivity index (χ1v) is 14.8. The summed E-state index contributed by atoms with van der Waals surface area (Å²) in [4.78, 5) is 38.2. The number of carbonyl (C=O) groups excluding carboxylic acids is 2. The molecule has 5 aromatic rings. The van der Waals surface area contributed by atoms with E-state index in [0.29, 0.717) is 37.0 Å². The molecule has 0 radical (unpaired) electrons. The molecule has 3 N–H and O–H groups in total. The van der Waals surface area contributed by atoms with Crippen LogP contribution in [0.4, 0.5) is 22.1 Å². The Morgan fingerprint density at radius 2 is 1.71 bits per heavy atom. The number of nitrogens with one attached hydrogen (secondary N) is 3. The first-order chi connectivity index (χ1) is 21.9. The molecule has 45 heavy (non-hydrogen) atoms. The predicted molar refractivity (Wildman–Crippen MR) is 177 cm³/mol. The maximum Gasteiger partial charge on any atom is 0.321 e. The van der Waals surface area contributed by atoms with E-state index in [-0.39, 0.29) is 18.0 Å². The van der Waals surface area contributed by atoms with Gasteiger partial charge < -0.3 is 25.8 Å². The van der Waals surface area contributed by atoms with Gasteiger partial charge in [-0.15, -0.1) is 0 Å². The average Bonchev–Trinajstić information content (AvgIpc) is 3.68. The zero-order valence-electron chi connectivity index (χ0n) is 25.2. The number of hydrogen-bond acceptors (Lipinski definition) is 7. The Bertz CT molecular complexity index is 1820. The minimum absolute atomic E-state index is 0.00152. The summed E-state index contributed by atoms with van der Waals surface area (Å²) < 4.78 is 1.87. The second-order valence-electron chi connectivity index (χ2n) is 11.1. The fourth-order valence-electron chi connectivity index (χ4n) is 5.26. The van der Waals surface area contributed by atoms with E-state index in [2.05, 4.69) is 20.9 Å². The van der Waals surface area contributed by atoms with E-state index >= 15 is 0 Å². The number of anilines is 3. The number of nitrogens with zero attached hydrogens (tertiary/aromatic N) is 6. The minimum atomic E-state index is -0.200. The van der Waals surface area contributed by atoms with Crippen molar-refractivity contribution < 1.29 is 9.59 Å². The van der Waals surface area contributed by atoms with Gasteiger partial charge in [-0.05, 0) is 63.0 Å². The second kappa shape index (κ2) is 13.4. The summed E-state index contributed by atoms with van der Waals surface area (Å²) in [6, 6.07) is 24.8. The van der Waals surface area contributed by atoms with Crippen molar-refractivity contribution in [3.63, 3.8) is 0 Å². The van der Waals surface area contributed by atoms with Crippen LogP contribution in [0.5, 0.6) is 0 Å². The molecule has 0 saturated carbocycles. The van der Waals surface area contributed by atoms with Crippen LogP contribution in [0, 0.1) is 0 Å². The van der Waals surface area contributed by atoms with Gasteiger partial charge in [0.25, 0.3) is 0 Å². The molecule has 6 rings (SSSR count). The van der Waals surface area contributed by atoms with E-state index in [0.717, 1.165) is 34.5 Å². The maximum absolute atomic E-state index is 13.0. The van der Waals surface area contributed by atoms with Crippen LogP contribution in [-0.2, 0) is 4.79 Å². The number of benzene rings is 2. The highest BCUT2D eigenvalue weighted by molar-refractivity contribution is 5.99. The Hall–Kier alpha value is -5.55. The molecule has 1 saturated heterocycles. The summed E-state index contributed by atoms with van der Waals surface area (Å²) in [6.07, 6.45) is 7.75. The van der Waals surface area contributed by atoms with Gasteiger partial charge in [0.05, 0.1) is 16.8 Å². The number of amides is 3. The molecule has 1 fully saturated rings. The quantitative estimate of drug-likeness (QED) is 0.198. The van der Waals surface area contributed by atoms with Gasteiger partial charge in [0, 0.05) is 61.1 Å². The highest BCUT2D eigenvalue weighted by Gasteiger charge is 2.27. The largest absolute Gasteiger partial charge is 0.350 e. The van der Waals surface area contributed by atoms with E-state index in [1.807, 2.05) is 84.3 Å². The number of aromatic nitrogens is 4. The number of carbonyl (C=O) groups is 2. The topological polar surface area (TPSA) is 120 Å². The second-order valence-corrected chi connectivity index (χ2v) is 11.1. The molecule has 11 heteroatoms. The van der Waals surface area contributed by atoms with E-state index in [1.165, 1.54) is 6.08 Å². The van der Waals surface area contributed by atoms with Gasteiger partial charge in [-0.25, -0.2) is 19.3 Å². The molecule has 1 atom stereocenters. The van der Waals surface area contributed by atoms with Crippen LogP contribution in [-0.4, -0.2) is 81.1 Å².